The molecule has 0 amide bonds. The third kappa shape index (κ3) is 2.09. The quantitative estimate of drug-likeness (QED) is 0.881. The van der Waals surface area contributed by atoms with Crippen molar-refractivity contribution < 1.29 is 14.2 Å². The van der Waals surface area contributed by atoms with E-state index in [0.717, 1.165) is 24.3 Å². The molecule has 2 N–H and O–H groups in total. The second kappa shape index (κ2) is 4.69. The van der Waals surface area contributed by atoms with Crippen molar-refractivity contribution in [2.24, 2.45) is 5.73 Å². The van der Waals surface area contributed by atoms with Crippen molar-refractivity contribution in [3.8, 4) is 11.5 Å². The fourth-order valence-electron chi connectivity index (χ4n) is 2.74. The van der Waals surface area contributed by atoms with Gasteiger partial charge in [-0.25, -0.2) is 0 Å². The maximum atomic E-state index is 6.18. The van der Waals surface area contributed by atoms with Crippen molar-refractivity contribution in [1.29, 1.82) is 0 Å². The summed E-state index contributed by atoms with van der Waals surface area (Å²) in [5.41, 5.74) is 7.43. The molecule has 0 radical (unpaired) electrons. The van der Waals surface area contributed by atoms with Gasteiger partial charge in [-0.1, -0.05) is 12.1 Å². The molecule has 2 fully saturated rings. The van der Waals surface area contributed by atoms with Gasteiger partial charge < -0.3 is 19.9 Å². The van der Waals surface area contributed by atoms with Gasteiger partial charge in [0.2, 0.25) is 0 Å². The van der Waals surface area contributed by atoms with Gasteiger partial charge in [-0.15, -0.1) is 0 Å². The second-order valence-electron chi connectivity index (χ2n) is 5.56. The molecule has 1 unspecified atom stereocenters. The minimum Gasteiger partial charge on any atom is -0.493 e. The van der Waals surface area contributed by atoms with Crippen LogP contribution in [0.1, 0.15) is 25.3 Å². The van der Waals surface area contributed by atoms with E-state index in [1.165, 1.54) is 5.56 Å². The SMILES string of the molecule is COc1cccc(C2(C(C)N)CC2)c1OC1COC1. The van der Waals surface area contributed by atoms with Gasteiger partial charge in [-0.05, 0) is 25.8 Å². The van der Waals surface area contributed by atoms with Crippen LogP contribution in [0.25, 0.3) is 0 Å². The number of ether oxygens (including phenoxy) is 3. The highest BCUT2D eigenvalue weighted by atomic mass is 16.6. The average Bonchev–Trinajstić information content (AvgIpc) is 3.14. The van der Waals surface area contributed by atoms with E-state index in [4.69, 9.17) is 19.9 Å². The minimum atomic E-state index is 0.0640. The molecule has 1 aromatic rings. The number of nitrogens with two attached hydrogens (primary N) is 1. The van der Waals surface area contributed by atoms with Crippen LogP contribution in [0, 0.1) is 0 Å². The predicted octanol–water partition coefficient (Wildman–Crippen LogP) is 1.85. The molecule has 0 spiro atoms. The largest absolute Gasteiger partial charge is 0.493 e. The molecule has 2 aliphatic rings. The number of hydrogen-bond donors (Lipinski definition) is 1. The van der Waals surface area contributed by atoms with E-state index >= 15 is 0 Å². The van der Waals surface area contributed by atoms with Crippen LogP contribution in [0.2, 0.25) is 0 Å². The van der Waals surface area contributed by atoms with Gasteiger partial charge in [0.25, 0.3) is 0 Å². The second-order valence-corrected chi connectivity index (χ2v) is 5.56. The van der Waals surface area contributed by atoms with Crippen LogP contribution in [0.4, 0.5) is 0 Å². The summed E-state index contributed by atoms with van der Waals surface area (Å²) in [6.45, 7) is 3.38. The maximum absolute atomic E-state index is 6.18. The smallest absolute Gasteiger partial charge is 0.165 e. The standard InChI is InChI=1S/C15H21NO3/c1-10(16)15(6-7-15)12-4-3-5-13(17-2)14(12)19-11-8-18-9-11/h3-5,10-11H,6-9,16H2,1-2H3. The molecule has 4 heteroatoms. The van der Waals surface area contributed by atoms with Gasteiger partial charge in [0.15, 0.2) is 11.5 Å². The van der Waals surface area contributed by atoms with Crippen LogP contribution in [0.15, 0.2) is 18.2 Å². The number of benzene rings is 1. The zero-order valence-electron chi connectivity index (χ0n) is 11.5. The molecule has 1 saturated carbocycles. The van der Waals surface area contributed by atoms with Gasteiger partial charge in [0.05, 0.1) is 20.3 Å². The molecule has 1 saturated heterocycles. The Balaban J connectivity index is 1.98. The summed E-state index contributed by atoms with van der Waals surface area (Å²) in [6, 6.07) is 6.20. The third-order valence-electron chi connectivity index (χ3n) is 4.29. The Morgan fingerprint density at radius 1 is 1.37 bits per heavy atom. The first-order valence-corrected chi connectivity index (χ1v) is 6.85. The van der Waals surface area contributed by atoms with E-state index in [2.05, 4.69) is 13.0 Å². The summed E-state index contributed by atoms with van der Waals surface area (Å²) >= 11 is 0. The highest BCUT2D eigenvalue weighted by Gasteiger charge is 2.49. The number of hydrogen-bond acceptors (Lipinski definition) is 4. The number of rotatable bonds is 5. The Bertz CT molecular complexity index is 464. The lowest BCUT2D eigenvalue weighted by Crippen LogP contribution is -2.39. The summed E-state index contributed by atoms with van der Waals surface area (Å²) < 4.78 is 16.7. The highest BCUT2D eigenvalue weighted by Crippen LogP contribution is 2.55. The van der Waals surface area contributed by atoms with Gasteiger partial charge in [-0.3, -0.25) is 0 Å². The van der Waals surface area contributed by atoms with Crippen molar-refractivity contribution in [2.45, 2.75) is 37.3 Å². The Morgan fingerprint density at radius 3 is 2.58 bits per heavy atom. The van der Waals surface area contributed by atoms with Gasteiger partial charge >= 0.3 is 0 Å². The maximum Gasteiger partial charge on any atom is 0.165 e. The zero-order valence-corrected chi connectivity index (χ0v) is 11.5. The summed E-state index contributed by atoms with van der Waals surface area (Å²) in [4.78, 5) is 0. The minimum absolute atomic E-state index is 0.0640. The number of para-hydroxylation sites is 1. The van der Waals surface area contributed by atoms with Gasteiger partial charge in [-0.2, -0.15) is 0 Å². The average molecular weight is 263 g/mol. The van der Waals surface area contributed by atoms with Crippen LogP contribution in [0.3, 0.4) is 0 Å². The van der Waals surface area contributed by atoms with Crippen molar-refractivity contribution >= 4 is 0 Å². The molecule has 3 rings (SSSR count). The predicted molar refractivity (Wildman–Crippen MR) is 72.8 cm³/mol. The van der Waals surface area contributed by atoms with Crippen LogP contribution in [-0.2, 0) is 10.2 Å². The molecule has 0 aromatic heterocycles. The monoisotopic (exact) mass is 263 g/mol. The molecule has 19 heavy (non-hydrogen) atoms. The first-order chi connectivity index (χ1) is 9.17. The molecular formula is C15H21NO3. The van der Waals surface area contributed by atoms with Gasteiger partial charge in [0.1, 0.15) is 6.10 Å². The number of methoxy groups -OCH3 is 1. The lowest BCUT2D eigenvalue weighted by molar-refractivity contribution is -0.0808. The molecule has 1 aliphatic carbocycles. The summed E-state index contributed by atoms with van der Waals surface area (Å²) in [5, 5.41) is 0. The molecule has 104 valence electrons. The summed E-state index contributed by atoms with van der Waals surface area (Å²) in [5.74, 6) is 1.64. The van der Waals surface area contributed by atoms with E-state index in [1.54, 1.807) is 7.11 Å². The topological polar surface area (TPSA) is 53.7 Å². The normalized spacial score (nSPS) is 22.5. The molecule has 1 aromatic carbocycles. The van der Waals surface area contributed by atoms with E-state index in [-0.39, 0.29) is 17.6 Å². The lowest BCUT2D eigenvalue weighted by Gasteiger charge is -2.31. The van der Waals surface area contributed by atoms with E-state index in [9.17, 15) is 0 Å². The zero-order chi connectivity index (χ0) is 13.5. The van der Waals surface area contributed by atoms with Crippen molar-refractivity contribution in [1.82, 2.24) is 0 Å². The Morgan fingerprint density at radius 2 is 2.11 bits per heavy atom. The summed E-state index contributed by atoms with van der Waals surface area (Å²) in [7, 11) is 1.68. The molecule has 0 bridgehead atoms. The Labute approximate surface area is 113 Å². The van der Waals surface area contributed by atoms with E-state index < -0.39 is 0 Å². The fourth-order valence-corrected chi connectivity index (χ4v) is 2.74. The van der Waals surface area contributed by atoms with Crippen LogP contribution in [-0.4, -0.2) is 32.5 Å². The van der Waals surface area contributed by atoms with Crippen molar-refractivity contribution in [3.05, 3.63) is 23.8 Å². The first-order valence-electron chi connectivity index (χ1n) is 6.85. The Hall–Kier alpha value is -1.26. The highest BCUT2D eigenvalue weighted by molar-refractivity contribution is 5.53. The third-order valence-corrected chi connectivity index (χ3v) is 4.29. The molecule has 4 nitrogen and oxygen atoms in total. The first kappa shape index (κ1) is 12.8. The Kier molecular flexibility index (Phi) is 3.15. The molecule has 1 heterocycles. The lowest BCUT2D eigenvalue weighted by atomic mass is 9.88. The molecule has 1 atom stereocenters. The molecule has 1 aliphatic heterocycles. The van der Waals surface area contributed by atoms with Crippen LogP contribution >= 0.6 is 0 Å². The van der Waals surface area contributed by atoms with E-state index in [0.29, 0.717) is 13.2 Å². The van der Waals surface area contributed by atoms with Gasteiger partial charge in [0, 0.05) is 17.0 Å². The summed E-state index contributed by atoms with van der Waals surface area (Å²) in [6.07, 6.45) is 2.38. The van der Waals surface area contributed by atoms with Crippen LogP contribution < -0.4 is 15.2 Å². The fraction of sp³-hybridized carbons (Fsp3) is 0.600. The van der Waals surface area contributed by atoms with Crippen molar-refractivity contribution in [2.75, 3.05) is 20.3 Å². The van der Waals surface area contributed by atoms with E-state index in [1.807, 2.05) is 12.1 Å². The van der Waals surface area contributed by atoms with Crippen molar-refractivity contribution in [3.63, 3.8) is 0 Å². The molecular weight excluding hydrogens is 242 g/mol. The van der Waals surface area contributed by atoms with Crippen LogP contribution in [0.5, 0.6) is 11.5 Å².